The van der Waals surface area contributed by atoms with Crippen LogP contribution in [0.4, 0.5) is 0 Å². The number of ketones is 1. The first-order valence-corrected chi connectivity index (χ1v) is 10.8. The second-order valence-corrected chi connectivity index (χ2v) is 7.81. The van der Waals surface area contributed by atoms with Crippen LogP contribution in [0, 0.1) is 36.5 Å². The second kappa shape index (κ2) is 10.5. The Morgan fingerprint density at radius 2 is 1.91 bits per heavy atom. The monoisotopic (exact) mass is 442 g/mol. The molecule has 2 heterocycles. The molecule has 7 nitrogen and oxygen atoms in total. The Bertz CT molecular complexity index is 1310. The van der Waals surface area contributed by atoms with Crippen LogP contribution >= 0.6 is 0 Å². The number of hydrogen-bond donors (Lipinski definition) is 0. The van der Waals surface area contributed by atoms with E-state index in [1.807, 2.05) is 54.8 Å². The molecule has 0 amide bonds. The van der Waals surface area contributed by atoms with Gasteiger partial charge in [0.05, 0.1) is 12.5 Å². The first-order valence-electron chi connectivity index (χ1n) is 10.8. The van der Waals surface area contributed by atoms with Crippen LogP contribution < -0.4 is 0 Å². The van der Waals surface area contributed by atoms with Gasteiger partial charge in [-0.2, -0.15) is 10.5 Å². The first kappa shape index (κ1) is 23.6. The van der Waals surface area contributed by atoms with Gasteiger partial charge in [-0.3, -0.25) is 4.79 Å². The summed E-state index contributed by atoms with van der Waals surface area (Å²) in [6.07, 6.45) is 4.48. The predicted molar refractivity (Wildman–Crippen MR) is 125 cm³/mol. The highest BCUT2D eigenvalue weighted by Gasteiger charge is 2.19. The number of para-hydroxylation sites is 1. The normalized spacial score (nSPS) is 11.2. The van der Waals surface area contributed by atoms with Gasteiger partial charge >= 0.3 is 5.97 Å². The number of aryl methyl sites for hydroxylation is 2. The van der Waals surface area contributed by atoms with Crippen LogP contribution in [0.15, 0.2) is 42.1 Å². The van der Waals surface area contributed by atoms with Gasteiger partial charge in [-0.05, 0) is 44.0 Å². The third-order valence-corrected chi connectivity index (χ3v) is 5.59. The number of fused-ring (bicyclic) bond motifs is 1. The lowest BCUT2D eigenvalue weighted by molar-refractivity contribution is -0.137. The number of benzene rings is 1. The van der Waals surface area contributed by atoms with Gasteiger partial charge in [-0.25, -0.2) is 4.79 Å². The van der Waals surface area contributed by atoms with Crippen LogP contribution in [-0.2, 0) is 22.6 Å². The second-order valence-electron chi connectivity index (χ2n) is 7.81. The smallest absolute Gasteiger partial charge is 0.349 e. The van der Waals surface area contributed by atoms with Crippen molar-refractivity contribution in [2.75, 3.05) is 6.61 Å². The van der Waals surface area contributed by atoms with E-state index in [-0.39, 0.29) is 11.4 Å². The Balaban J connectivity index is 1.77. The number of carbonyl (C=O) groups excluding carboxylic acids is 2. The molecule has 3 rings (SSSR count). The molecule has 0 bridgehead atoms. The largest absolute Gasteiger partial charge is 0.453 e. The summed E-state index contributed by atoms with van der Waals surface area (Å²) in [5.41, 5.74) is 3.90. The average Bonchev–Trinajstić information content (AvgIpc) is 3.32. The number of Topliss-reactive ketones (excluding diaryl/α,β-unsaturated/α-hetero) is 1. The summed E-state index contributed by atoms with van der Waals surface area (Å²) in [5, 5.41) is 19.1. The molecule has 0 aliphatic carbocycles. The van der Waals surface area contributed by atoms with E-state index in [1.54, 1.807) is 6.20 Å². The van der Waals surface area contributed by atoms with Crippen molar-refractivity contribution in [2.24, 2.45) is 0 Å². The van der Waals surface area contributed by atoms with Gasteiger partial charge in [0.25, 0.3) is 0 Å². The highest BCUT2D eigenvalue weighted by Crippen LogP contribution is 2.23. The number of rotatable bonds is 9. The molecule has 0 saturated heterocycles. The molecular weight excluding hydrogens is 416 g/mol. The van der Waals surface area contributed by atoms with Crippen molar-refractivity contribution < 1.29 is 14.3 Å². The molecule has 0 N–H and O–H groups in total. The maximum atomic E-state index is 12.8. The molecular formula is C26H26N4O3. The Morgan fingerprint density at radius 3 is 2.61 bits per heavy atom. The molecule has 0 unspecified atom stereocenters. The fourth-order valence-corrected chi connectivity index (χ4v) is 3.94. The molecule has 7 heteroatoms. The number of carbonyl (C=O) groups is 2. The number of ether oxygens (including phenoxy) is 1. The van der Waals surface area contributed by atoms with Crippen LogP contribution in [0.1, 0.15) is 47.1 Å². The molecule has 3 aromatic rings. The van der Waals surface area contributed by atoms with Crippen molar-refractivity contribution in [1.82, 2.24) is 9.13 Å². The number of esters is 1. The maximum absolute atomic E-state index is 12.8. The van der Waals surface area contributed by atoms with Crippen LogP contribution in [0.5, 0.6) is 0 Å². The third kappa shape index (κ3) is 5.05. The predicted octanol–water partition coefficient (Wildman–Crippen LogP) is 4.72. The summed E-state index contributed by atoms with van der Waals surface area (Å²) in [7, 11) is 0. The van der Waals surface area contributed by atoms with Gasteiger partial charge in [0.1, 0.15) is 11.6 Å². The highest BCUT2D eigenvalue weighted by molar-refractivity contribution is 6.09. The Hall–Kier alpha value is -4.10. The van der Waals surface area contributed by atoms with E-state index < -0.39 is 12.6 Å². The minimum absolute atomic E-state index is 0.156. The summed E-state index contributed by atoms with van der Waals surface area (Å²) in [4.78, 5) is 25.4. The summed E-state index contributed by atoms with van der Waals surface area (Å²) >= 11 is 0. The fraction of sp³-hybridized carbons (Fsp3) is 0.308. The maximum Gasteiger partial charge on any atom is 0.349 e. The highest BCUT2D eigenvalue weighted by atomic mass is 16.5. The zero-order valence-corrected chi connectivity index (χ0v) is 19.1. The molecule has 1 aromatic carbocycles. The van der Waals surface area contributed by atoms with Crippen molar-refractivity contribution in [3.63, 3.8) is 0 Å². The summed E-state index contributed by atoms with van der Waals surface area (Å²) in [6.45, 7) is 6.86. The molecule has 168 valence electrons. The molecule has 0 atom stereocenters. The molecule has 2 aromatic heterocycles. The molecule has 0 fully saturated rings. The molecule has 0 spiro atoms. The number of nitrogens with zero attached hydrogens (tertiary/aromatic N) is 4. The van der Waals surface area contributed by atoms with E-state index in [1.165, 1.54) is 6.08 Å². The molecule has 0 aliphatic rings. The van der Waals surface area contributed by atoms with E-state index in [0.717, 1.165) is 40.8 Å². The van der Waals surface area contributed by atoms with Gasteiger partial charge in [0.2, 0.25) is 5.78 Å². The van der Waals surface area contributed by atoms with Crippen LogP contribution in [0.2, 0.25) is 0 Å². The van der Waals surface area contributed by atoms with Gasteiger partial charge in [-0.1, -0.05) is 25.1 Å². The van der Waals surface area contributed by atoms with E-state index in [2.05, 4.69) is 17.6 Å². The van der Waals surface area contributed by atoms with E-state index in [0.29, 0.717) is 18.5 Å². The standard InChI is InChI=1S/C26H26N4O3/c1-4-11-30-18(2)13-20(19(30)3)14-21(15-28)26(32)33-17-25(31)23-16-29(12-7-10-27)24-9-6-5-8-22(23)24/h5-6,8-9,13-14,16H,4,7,11-12,17H2,1-3H3/b21-14-. The van der Waals surface area contributed by atoms with Gasteiger partial charge in [0, 0.05) is 47.1 Å². The van der Waals surface area contributed by atoms with E-state index >= 15 is 0 Å². The zero-order valence-electron chi connectivity index (χ0n) is 19.1. The summed E-state index contributed by atoms with van der Waals surface area (Å²) in [5.74, 6) is -1.20. The Labute approximate surface area is 193 Å². The average molecular weight is 443 g/mol. The molecule has 0 saturated carbocycles. The van der Waals surface area contributed by atoms with Crippen molar-refractivity contribution in [1.29, 1.82) is 10.5 Å². The molecule has 0 aliphatic heterocycles. The Kier molecular flexibility index (Phi) is 7.48. The lowest BCUT2D eigenvalue weighted by Gasteiger charge is -2.07. The van der Waals surface area contributed by atoms with E-state index in [4.69, 9.17) is 10.00 Å². The van der Waals surface area contributed by atoms with Gasteiger partial charge in [-0.15, -0.1) is 0 Å². The van der Waals surface area contributed by atoms with Crippen LogP contribution in [0.3, 0.4) is 0 Å². The number of hydrogen-bond acceptors (Lipinski definition) is 5. The van der Waals surface area contributed by atoms with Crippen LogP contribution in [0.25, 0.3) is 17.0 Å². The summed E-state index contributed by atoms with van der Waals surface area (Å²) in [6, 6.07) is 13.3. The molecule has 33 heavy (non-hydrogen) atoms. The van der Waals surface area contributed by atoms with Crippen molar-refractivity contribution in [2.45, 2.75) is 46.7 Å². The third-order valence-electron chi connectivity index (χ3n) is 5.59. The van der Waals surface area contributed by atoms with Gasteiger partial charge in [0.15, 0.2) is 6.61 Å². The topological polar surface area (TPSA) is 101 Å². The van der Waals surface area contributed by atoms with Crippen molar-refractivity contribution >= 4 is 28.7 Å². The summed E-state index contributed by atoms with van der Waals surface area (Å²) < 4.78 is 9.18. The Morgan fingerprint density at radius 1 is 1.15 bits per heavy atom. The first-order chi connectivity index (χ1) is 15.9. The van der Waals surface area contributed by atoms with Crippen LogP contribution in [-0.4, -0.2) is 27.5 Å². The molecule has 0 radical (unpaired) electrons. The van der Waals surface area contributed by atoms with Gasteiger partial charge < -0.3 is 13.9 Å². The number of nitriles is 2. The lowest BCUT2D eigenvalue weighted by atomic mass is 10.1. The quantitative estimate of drug-likeness (QED) is 0.207. The number of aromatic nitrogens is 2. The minimum atomic E-state index is -0.834. The SMILES string of the molecule is CCCn1c(C)cc(/C=C(/C#N)C(=O)OCC(=O)c2cn(CCC#N)c3ccccc23)c1C. The lowest BCUT2D eigenvalue weighted by Crippen LogP contribution is -2.15. The van der Waals surface area contributed by atoms with E-state index in [9.17, 15) is 14.9 Å². The fourth-order valence-electron chi connectivity index (χ4n) is 3.94. The van der Waals surface area contributed by atoms with Crippen molar-refractivity contribution in [3.05, 3.63) is 64.6 Å². The minimum Gasteiger partial charge on any atom is -0.453 e. The van der Waals surface area contributed by atoms with Crippen molar-refractivity contribution in [3.8, 4) is 12.1 Å². The zero-order chi connectivity index (χ0) is 24.0.